The summed E-state index contributed by atoms with van der Waals surface area (Å²) in [6.45, 7) is 9.85. The predicted molar refractivity (Wildman–Crippen MR) is 79.0 cm³/mol. The highest BCUT2D eigenvalue weighted by atomic mass is 16.7. The largest absolute Gasteiger partial charge is 0.507 e. The first-order valence-electron chi connectivity index (χ1n) is 6.91. The maximum atomic E-state index is 10.1. The van der Waals surface area contributed by atoms with Gasteiger partial charge in [-0.2, -0.15) is 0 Å². The molecule has 5 nitrogen and oxygen atoms in total. The Morgan fingerprint density at radius 1 is 1.25 bits per heavy atom. The molecule has 0 saturated carbocycles. The summed E-state index contributed by atoms with van der Waals surface area (Å²) in [7, 11) is -0.600. The van der Waals surface area contributed by atoms with Crippen LogP contribution < -0.4 is 11.2 Å². The molecule has 1 saturated heterocycles. The molecule has 3 N–H and O–H groups in total. The fourth-order valence-electron chi connectivity index (χ4n) is 2.24. The smallest absolute Gasteiger partial charge is 0.499 e. The maximum absolute atomic E-state index is 10.1. The average molecular weight is 278 g/mol. The summed E-state index contributed by atoms with van der Waals surface area (Å²) in [5.74, 6) is 0.0849. The molecule has 1 fully saturated rings. The summed E-state index contributed by atoms with van der Waals surface area (Å²) in [5, 5.41) is 10.1. The van der Waals surface area contributed by atoms with Gasteiger partial charge in [0.2, 0.25) is 0 Å². The number of nitrogens with zero attached hydrogens (tertiary/aromatic N) is 1. The van der Waals surface area contributed by atoms with E-state index in [2.05, 4.69) is 4.98 Å². The van der Waals surface area contributed by atoms with Gasteiger partial charge in [-0.25, -0.2) is 0 Å². The lowest BCUT2D eigenvalue weighted by atomic mass is 9.75. The van der Waals surface area contributed by atoms with E-state index in [1.54, 1.807) is 6.20 Å². The Bertz CT molecular complexity index is 487. The Morgan fingerprint density at radius 2 is 1.80 bits per heavy atom. The van der Waals surface area contributed by atoms with Crippen molar-refractivity contribution >= 4 is 12.6 Å². The van der Waals surface area contributed by atoms with Crippen molar-refractivity contribution in [3.05, 3.63) is 18.0 Å². The zero-order valence-electron chi connectivity index (χ0n) is 12.8. The van der Waals surface area contributed by atoms with Gasteiger partial charge in [-0.15, -0.1) is 0 Å². The summed E-state index contributed by atoms with van der Waals surface area (Å²) < 4.78 is 12.0. The van der Waals surface area contributed by atoms with E-state index in [0.717, 1.165) is 5.56 Å². The normalized spacial score (nSPS) is 22.0. The van der Waals surface area contributed by atoms with Gasteiger partial charge in [0.1, 0.15) is 5.75 Å². The van der Waals surface area contributed by atoms with Crippen molar-refractivity contribution in [3.8, 4) is 5.75 Å². The molecule has 0 aromatic carbocycles. The molecule has 0 aliphatic carbocycles. The number of rotatable bonds is 3. The molecule has 2 heterocycles. The van der Waals surface area contributed by atoms with Crippen LogP contribution in [0.4, 0.5) is 0 Å². The van der Waals surface area contributed by atoms with Crippen LogP contribution in [-0.2, 0) is 15.7 Å². The molecule has 0 bridgehead atoms. The van der Waals surface area contributed by atoms with Gasteiger partial charge in [0.25, 0.3) is 0 Å². The van der Waals surface area contributed by atoms with Gasteiger partial charge < -0.3 is 20.1 Å². The third kappa shape index (κ3) is 2.68. The molecule has 20 heavy (non-hydrogen) atoms. The van der Waals surface area contributed by atoms with E-state index >= 15 is 0 Å². The molecule has 0 spiro atoms. The zero-order chi connectivity index (χ0) is 15.1. The lowest BCUT2D eigenvalue weighted by Crippen LogP contribution is -2.41. The molecular formula is C14H23BN2O3. The Morgan fingerprint density at radius 3 is 2.30 bits per heavy atom. The van der Waals surface area contributed by atoms with Gasteiger partial charge in [0, 0.05) is 17.7 Å². The zero-order valence-corrected chi connectivity index (χ0v) is 12.8. The molecule has 1 unspecified atom stereocenters. The van der Waals surface area contributed by atoms with Gasteiger partial charge in [0.15, 0.2) is 0 Å². The van der Waals surface area contributed by atoms with Gasteiger partial charge >= 0.3 is 7.12 Å². The Labute approximate surface area is 120 Å². The van der Waals surface area contributed by atoms with Crippen molar-refractivity contribution in [1.82, 2.24) is 4.98 Å². The number of hydrogen-bond acceptors (Lipinski definition) is 5. The number of aromatic nitrogens is 1. The minimum absolute atomic E-state index is 0.0280. The summed E-state index contributed by atoms with van der Waals surface area (Å²) in [6, 6.07) is -0.0280. The van der Waals surface area contributed by atoms with Crippen LogP contribution in [0.1, 0.15) is 40.2 Å². The fraction of sp³-hybridized carbons (Fsp3) is 0.643. The number of pyridine rings is 1. The number of nitrogens with two attached hydrogens (primary N) is 1. The standard InChI is InChI=1S/C14H23BN2O3/c1-9(16)6-10-7-17-8-11(18)12(10)15-19-13(2,3)14(4,5)20-15/h7-9,18H,6,16H2,1-5H3. The van der Waals surface area contributed by atoms with Crippen molar-refractivity contribution in [3.63, 3.8) is 0 Å². The van der Waals surface area contributed by atoms with E-state index in [9.17, 15) is 5.11 Å². The topological polar surface area (TPSA) is 77.6 Å². The second kappa shape index (κ2) is 5.02. The van der Waals surface area contributed by atoms with E-state index in [-0.39, 0.29) is 11.8 Å². The Hall–Kier alpha value is -1.11. The van der Waals surface area contributed by atoms with Crippen LogP contribution in [0, 0.1) is 0 Å². The molecule has 1 aliphatic heterocycles. The third-order valence-corrected chi connectivity index (χ3v) is 4.08. The molecule has 6 heteroatoms. The molecular weight excluding hydrogens is 255 g/mol. The number of hydrogen-bond donors (Lipinski definition) is 2. The highest BCUT2D eigenvalue weighted by molar-refractivity contribution is 6.63. The molecule has 0 amide bonds. The minimum Gasteiger partial charge on any atom is -0.507 e. The fourth-order valence-corrected chi connectivity index (χ4v) is 2.24. The van der Waals surface area contributed by atoms with Gasteiger partial charge in [-0.3, -0.25) is 4.98 Å². The minimum atomic E-state index is -0.600. The second-order valence-electron chi connectivity index (χ2n) is 6.50. The lowest BCUT2D eigenvalue weighted by Gasteiger charge is -2.32. The highest BCUT2D eigenvalue weighted by Crippen LogP contribution is 2.37. The van der Waals surface area contributed by atoms with Gasteiger partial charge in [-0.1, -0.05) is 0 Å². The molecule has 1 aliphatic rings. The van der Waals surface area contributed by atoms with Crippen molar-refractivity contribution in [2.45, 2.75) is 58.3 Å². The van der Waals surface area contributed by atoms with Crippen LogP contribution >= 0.6 is 0 Å². The van der Waals surface area contributed by atoms with Crippen molar-refractivity contribution in [2.24, 2.45) is 5.73 Å². The van der Waals surface area contributed by atoms with Crippen LogP contribution in [0.3, 0.4) is 0 Å². The maximum Gasteiger partial charge on any atom is 0.499 e. The van der Waals surface area contributed by atoms with Gasteiger partial charge in [0.05, 0.1) is 17.4 Å². The number of aromatic hydroxyl groups is 1. The molecule has 1 aromatic rings. The van der Waals surface area contributed by atoms with E-state index < -0.39 is 18.3 Å². The molecule has 2 rings (SSSR count). The van der Waals surface area contributed by atoms with Crippen LogP contribution in [0.25, 0.3) is 0 Å². The lowest BCUT2D eigenvalue weighted by molar-refractivity contribution is 0.00578. The highest BCUT2D eigenvalue weighted by Gasteiger charge is 2.53. The van der Waals surface area contributed by atoms with Crippen molar-refractivity contribution < 1.29 is 14.4 Å². The first kappa shape index (κ1) is 15.3. The quantitative estimate of drug-likeness (QED) is 0.806. The first-order chi connectivity index (χ1) is 9.14. The van der Waals surface area contributed by atoms with Crippen LogP contribution in [-0.4, -0.2) is 34.5 Å². The summed E-state index contributed by atoms with van der Waals surface area (Å²) in [5.41, 5.74) is 6.46. The van der Waals surface area contributed by atoms with Crippen LogP contribution in [0.5, 0.6) is 5.75 Å². The molecule has 1 atom stereocenters. The summed E-state index contributed by atoms with van der Waals surface area (Å²) in [4.78, 5) is 4.03. The molecule has 0 radical (unpaired) electrons. The van der Waals surface area contributed by atoms with Gasteiger partial charge in [-0.05, 0) is 46.6 Å². The van der Waals surface area contributed by atoms with Crippen LogP contribution in [0.2, 0.25) is 0 Å². The average Bonchev–Trinajstić information content (AvgIpc) is 2.46. The molecule has 1 aromatic heterocycles. The Kier molecular flexibility index (Phi) is 3.84. The molecule has 110 valence electrons. The van der Waals surface area contributed by atoms with Crippen molar-refractivity contribution in [2.75, 3.05) is 0 Å². The summed E-state index contributed by atoms with van der Waals surface area (Å²) in [6.07, 6.45) is 3.73. The third-order valence-electron chi connectivity index (χ3n) is 4.08. The first-order valence-corrected chi connectivity index (χ1v) is 6.91. The van der Waals surface area contributed by atoms with E-state index in [1.807, 2.05) is 34.6 Å². The van der Waals surface area contributed by atoms with E-state index in [0.29, 0.717) is 11.9 Å². The monoisotopic (exact) mass is 278 g/mol. The van der Waals surface area contributed by atoms with E-state index in [4.69, 9.17) is 15.0 Å². The SMILES string of the molecule is CC(N)Cc1cncc(O)c1B1OC(C)(C)C(C)(C)O1. The predicted octanol–water partition coefficient (Wildman–Crippen LogP) is 0.976. The van der Waals surface area contributed by atoms with Crippen molar-refractivity contribution in [1.29, 1.82) is 0 Å². The second-order valence-corrected chi connectivity index (χ2v) is 6.50. The van der Waals surface area contributed by atoms with E-state index in [1.165, 1.54) is 6.20 Å². The summed E-state index contributed by atoms with van der Waals surface area (Å²) >= 11 is 0. The van der Waals surface area contributed by atoms with Crippen LogP contribution in [0.15, 0.2) is 12.4 Å². The Balaban J connectivity index is 2.39.